The van der Waals surface area contributed by atoms with Crippen molar-refractivity contribution < 1.29 is 4.39 Å². The van der Waals surface area contributed by atoms with Crippen molar-refractivity contribution in [2.24, 2.45) is 15.7 Å². The van der Waals surface area contributed by atoms with Crippen LogP contribution in [0.4, 0.5) is 4.39 Å². The predicted octanol–water partition coefficient (Wildman–Crippen LogP) is 0.875. The standard InChI is InChI=1S/C6H10FN3/c1-4(8)5(7)6(9-2)10-3/h2,8H2,1,3H3. The fraction of sp³-hybridized carbons (Fsp3) is 0.333. The third-order valence-electron chi connectivity index (χ3n) is 0.904. The molecule has 0 amide bonds. The Morgan fingerprint density at radius 3 is 2.20 bits per heavy atom. The summed E-state index contributed by atoms with van der Waals surface area (Å²) in [5, 5.41) is 0. The molecule has 0 rings (SSSR count). The Hall–Kier alpha value is -1.19. The molecule has 0 aromatic heterocycles. The molecule has 10 heavy (non-hydrogen) atoms. The lowest BCUT2D eigenvalue weighted by Crippen LogP contribution is -2.02. The summed E-state index contributed by atoms with van der Waals surface area (Å²) in [5.74, 6) is -0.669. The molecule has 0 bridgehead atoms. The van der Waals surface area contributed by atoms with E-state index in [0.29, 0.717) is 0 Å². The normalized spacial score (nSPS) is 14.5. The number of nitrogens with zero attached hydrogens (tertiary/aromatic N) is 2. The van der Waals surface area contributed by atoms with Gasteiger partial charge >= 0.3 is 0 Å². The number of amidine groups is 1. The summed E-state index contributed by atoms with van der Waals surface area (Å²) in [6.07, 6.45) is 0. The molecule has 0 heterocycles. The zero-order chi connectivity index (χ0) is 8.15. The lowest BCUT2D eigenvalue weighted by molar-refractivity contribution is 0.664. The molecule has 4 heteroatoms. The Labute approximate surface area is 59.2 Å². The van der Waals surface area contributed by atoms with Crippen molar-refractivity contribution in [1.82, 2.24) is 0 Å². The first-order valence-electron chi connectivity index (χ1n) is 2.69. The average molecular weight is 143 g/mol. The van der Waals surface area contributed by atoms with Crippen LogP contribution in [0.2, 0.25) is 0 Å². The Kier molecular flexibility index (Phi) is 3.32. The van der Waals surface area contributed by atoms with E-state index in [4.69, 9.17) is 5.73 Å². The summed E-state index contributed by atoms with van der Waals surface area (Å²) in [6.45, 7) is 4.56. The zero-order valence-corrected chi connectivity index (χ0v) is 6.06. The lowest BCUT2D eigenvalue weighted by Gasteiger charge is -1.95. The zero-order valence-electron chi connectivity index (χ0n) is 6.06. The van der Waals surface area contributed by atoms with Gasteiger partial charge in [-0.1, -0.05) is 0 Å². The fourth-order valence-electron chi connectivity index (χ4n) is 0.415. The third kappa shape index (κ3) is 1.97. The second-order valence-electron chi connectivity index (χ2n) is 1.70. The van der Waals surface area contributed by atoms with E-state index >= 15 is 0 Å². The first kappa shape index (κ1) is 8.81. The molecule has 56 valence electrons. The molecule has 0 aromatic carbocycles. The van der Waals surface area contributed by atoms with Crippen molar-refractivity contribution in [1.29, 1.82) is 0 Å². The summed E-state index contributed by atoms with van der Waals surface area (Å²) in [4.78, 5) is 6.82. The van der Waals surface area contributed by atoms with Gasteiger partial charge in [0.25, 0.3) is 0 Å². The summed E-state index contributed by atoms with van der Waals surface area (Å²) < 4.78 is 12.7. The lowest BCUT2D eigenvalue weighted by atomic mass is 10.4. The van der Waals surface area contributed by atoms with E-state index in [1.807, 2.05) is 0 Å². The first-order chi connectivity index (χ1) is 4.63. The van der Waals surface area contributed by atoms with Crippen LogP contribution in [0.1, 0.15) is 6.92 Å². The van der Waals surface area contributed by atoms with E-state index < -0.39 is 5.83 Å². The molecule has 0 aromatic rings. The van der Waals surface area contributed by atoms with Gasteiger partial charge in [0.05, 0.1) is 0 Å². The SMILES string of the molecule is C=NC(=NC)C(F)=C(C)N. The number of nitrogens with two attached hydrogens (primary N) is 1. The molecular formula is C6H10FN3. The molecule has 0 aliphatic carbocycles. The van der Waals surface area contributed by atoms with Crippen LogP contribution in [0.3, 0.4) is 0 Å². The second kappa shape index (κ2) is 3.76. The third-order valence-corrected chi connectivity index (χ3v) is 0.904. The number of hydrogen-bond acceptors (Lipinski definition) is 2. The molecule has 2 N–H and O–H groups in total. The van der Waals surface area contributed by atoms with Gasteiger partial charge in [-0.2, -0.15) is 0 Å². The Morgan fingerprint density at radius 1 is 1.60 bits per heavy atom. The maximum atomic E-state index is 12.7. The van der Waals surface area contributed by atoms with Gasteiger partial charge in [-0.25, -0.2) is 9.38 Å². The van der Waals surface area contributed by atoms with Gasteiger partial charge in [0, 0.05) is 12.7 Å². The van der Waals surface area contributed by atoms with Crippen LogP contribution in [0.25, 0.3) is 0 Å². The highest BCUT2D eigenvalue weighted by molar-refractivity contribution is 5.99. The molecule has 0 aliphatic rings. The number of aliphatic imine (C=N–C) groups is 2. The average Bonchev–Trinajstić information content (AvgIpc) is 1.90. The highest BCUT2D eigenvalue weighted by Crippen LogP contribution is 2.03. The molecule has 0 unspecified atom stereocenters. The van der Waals surface area contributed by atoms with Gasteiger partial charge in [-0.15, -0.1) is 0 Å². The first-order valence-corrected chi connectivity index (χ1v) is 2.69. The molecular weight excluding hydrogens is 133 g/mol. The predicted molar refractivity (Wildman–Crippen MR) is 40.9 cm³/mol. The van der Waals surface area contributed by atoms with Crippen molar-refractivity contribution >= 4 is 12.6 Å². The van der Waals surface area contributed by atoms with Crippen molar-refractivity contribution in [2.45, 2.75) is 6.92 Å². The minimum atomic E-state index is -0.613. The van der Waals surface area contributed by atoms with Crippen LogP contribution in [0.5, 0.6) is 0 Å². The molecule has 0 radical (unpaired) electrons. The van der Waals surface area contributed by atoms with Crippen molar-refractivity contribution in [3.8, 4) is 0 Å². The van der Waals surface area contributed by atoms with Crippen LogP contribution < -0.4 is 5.73 Å². The van der Waals surface area contributed by atoms with E-state index in [1.165, 1.54) is 14.0 Å². The summed E-state index contributed by atoms with van der Waals surface area (Å²) in [6, 6.07) is 0. The van der Waals surface area contributed by atoms with Gasteiger partial charge < -0.3 is 5.73 Å². The number of rotatable bonds is 1. The quantitative estimate of drug-likeness (QED) is 0.430. The van der Waals surface area contributed by atoms with Gasteiger partial charge in [0.2, 0.25) is 0 Å². The maximum absolute atomic E-state index is 12.7. The molecule has 0 atom stereocenters. The van der Waals surface area contributed by atoms with Crippen LogP contribution >= 0.6 is 0 Å². The summed E-state index contributed by atoms with van der Waals surface area (Å²) in [7, 11) is 1.42. The van der Waals surface area contributed by atoms with Gasteiger partial charge in [-0.05, 0) is 13.6 Å². The van der Waals surface area contributed by atoms with Crippen LogP contribution in [-0.4, -0.2) is 19.6 Å². The number of hydrogen-bond donors (Lipinski definition) is 1. The Bertz CT molecular complexity index is 189. The smallest absolute Gasteiger partial charge is 0.185 e. The van der Waals surface area contributed by atoms with Crippen molar-refractivity contribution in [2.75, 3.05) is 7.05 Å². The minimum Gasteiger partial charge on any atom is -0.400 e. The topological polar surface area (TPSA) is 50.7 Å². The van der Waals surface area contributed by atoms with Gasteiger partial charge in [-0.3, -0.25) is 4.99 Å². The van der Waals surface area contributed by atoms with Crippen molar-refractivity contribution in [3.05, 3.63) is 11.5 Å². The fourth-order valence-corrected chi connectivity index (χ4v) is 0.415. The van der Waals surface area contributed by atoms with E-state index in [-0.39, 0.29) is 11.5 Å². The highest BCUT2D eigenvalue weighted by Gasteiger charge is 2.03. The number of allylic oxidation sites excluding steroid dienone is 1. The van der Waals surface area contributed by atoms with Crippen LogP contribution in [-0.2, 0) is 0 Å². The molecule has 0 aliphatic heterocycles. The molecule has 3 nitrogen and oxygen atoms in total. The monoisotopic (exact) mass is 143 g/mol. The van der Waals surface area contributed by atoms with Crippen LogP contribution in [0, 0.1) is 0 Å². The Morgan fingerprint density at radius 2 is 2.10 bits per heavy atom. The van der Waals surface area contributed by atoms with E-state index in [9.17, 15) is 4.39 Å². The highest BCUT2D eigenvalue weighted by atomic mass is 19.1. The molecule has 0 spiro atoms. The minimum absolute atomic E-state index is 0.0556. The van der Waals surface area contributed by atoms with Crippen LogP contribution in [0.15, 0.2) is 21.5 Å². The second-order valence-corrected chi connectivity index (χ2v) is 1.70. The Balaban J connectivity index is 4.64. The largest absolute Gasteiger partial charge is 0.400 e. The van der Waals surface area contributed by atoms with Gasteiger partial charge in [0.15, 0.2) is 11.7 Å². The summed E-state index contributed by atoms with van der Waals surface area (Å²) >= 11 is 0. The molecule has 0 saturated heterocycles. The summed E-state index contributed by atoms with van der Waals surface area (Å²) in [5.41, 5.74) is 5.19. The maximum Gasteiger partial charge on any atom is 0.185 e. The molecule has 0 fully saturated rings. The number of halogens is 1. The van der Waals surface area contributed by atoms with E-state index in [2.05, 4.69) is 16.7 Å². The van der Waals surface area contributed by atoms with E-state index in [1.54, 1.807) is 0 Å². The van der Waals surface area contributed by atoms with Gasteiger partial charge in [0.1, 0.15) is 0 Å². The molecule has 0 saturated carbocycles. The van der Waals surface area contributed by atoms with E-state index in [0.717, 1.165) is 0 Å². The van der Waals surface area contributed by atoms with Crippen molar-refractivity contribution in [3.63, 3.8) is 0 Å².